The molecule has 0 aliphatic carbocycles. The van der Waals surface area contributed by atoms with E-state index in [0.717, 1.165) is 17.7 Å². The van der Waals surface area contributed by atoms with Crippen molar-refractivity contribution in [1.82, 2.24) is 0 Å². The summed E-state index contributed by atoms with van der Waals surface area (Å²) in [6, 6.07) is 15.2. The second kappa shape index (κ2) is 9.29. The van der Waals surface area contributed by atoms with Crippen molar-refractivity contribution in [2.45, 2.75) is 39.4 Å². The number of amides is 1. The van der Waals surface area contributed by atoms with E-state index in [2.05, 4.69) is 10.5 Å². The molecule has 1 heterocycles. The quantitative estimate of drug-likeness (QED) is 0.489. The van der Waals surface area contributed by atoms with E-state index in [1.807, 2.05) is 13.8 Å². The van der Waals surface area contributed by atoms with Crippen molar-refractivity contribution in [1.29, 1.82) is 0 Å². The Kier molecular flexibility index (Phi) is 6.39. The summed E-state index contributed by atoms with van der Waals surface area (Å²) < 4.78 is 33.8. The maximum Gasteiger partial charge on any atom is 0.261 e. The summed E-state index contributed by atoms with van der Waals surface area (Å²) in [5, 5.41) is 6.48. The van der Waals surface area contributed by atoms with Crippen molar-refractivity contribution in [3.63, 3.8) is 0 Å². The zero-order chi connectivity index (χ0) is 25.3. The molecule has 8 heteroatoms. The second-order valence-electron chi connectivity index (χ2n) is 8.88. The van der Waals surface area contributed by atoms with Crippen LogP contribution in [0.2, 0.25) is 0 Å². The van der Waals surface area contributed by atoms with Gasteiger partial charge in [0.05, 0.1) is 6.10 Å². The summed E-state index contributed by atoms with van der Waals surface area (Å²) in [5.41, 5.74) is 0.930. The Morgan fingerprint density at radius 1 is 1.00 bits per heavy atom. The van der Waals surface area contributed by atoms with Crippen LogP contribution in [0.1, 0.15) is 43.6 Å². The molecule has 1 aliphatic heterocycles. The highest BCUT2D eigenvalue weighted by molar-refractivity contribution is 6.49. The molecule has 1 N–H and O–H groups in total. The molecule has 0 fully saturated rings. The van der Waals surface area contributed by atoms with E-state index < -0.39 is 28.7 Å². The number of ketones is 1. The number of nitrogens with zero attached hydrogens (tertiary/aromatic N) is 1. The van der Waals surface area contributed by atoms with Gasteiger partial charge >= 0.3 is 0 Å². The number of halogens is 2. The molecule has 6 nitrogen and oxygen atoms in total. The molecule has 0 aromatic heterocycles. The van der Waals surface area contributed by atoms with Gasteiger partial charge in [-0.15, -0.1) is 0 Å². The van der Waals surface area contributed by atoms with Gasteiger partial charge in [-0.05, 0) is 75.7 Å². The maximum atomic E-state index is 13.9. The van der Waals surface area contributed by atoms with Crippen molar-refractivity contribution in [2.75, 3.05) is 5.32 Å². The third-order valence-corrected chi connectivity index (χ3v) is 5.39. The van der Waals surface area contributed by atoms with Crippen LogP contribution < -0.4 is 10.1 Å². The molecule has 3 aromatic rings. The summed E-state index contributed by atoms with van der Waals surface area (Å²) in [7, 11) is 0. The second-order valence-corrected chi connectivity index (χ2v) is 8.88. The molecule has 1 amide bonds. The number of rotatable bonds is 6. The average Bonchev–Trinajstić information content (AvgIpc) is 3.07. The third kappa shape index (κ3) is 4.91. The molecule has 0 saturated heterocycles. The fraction of sp³-hybridized carbons (Fsp3) is 0.222. The number of benzene rings is 3. The highest BCUT2D eigenvalue weighted by atomic mass is 19.1. The number of carbonyl (C=O) groups is 2. The number of anilines is 1. The topological polar surface area (TPSA) is 77.0 Å². The molecule has 0 radical (unpaired) electrons. The van der Waals surface area contributed by atoms with Crippen LogP contribution in [-0.2, 0) is 9.63 Å². The molecule has 0 spiro atoms. The number of hydrogen-bond acceptors (Lipinski definition) is 5. The number of ether oxygens (including phenoxy) is 1. The lowest BCUT2D eigenvalue weighted by atomic mass is 9.93. The number of hydrogen-bond donors (Lipinski definition) is 1. The predicted octanol–water partition coefficient (Wildman–Crippen LogP) is 5.75. The van der Waals surface area contributed by atoms with Gasteiger partial charge in [0.2, 0.25) is 5.78 Å². The van der Waals surface area contributed by atoms with Crippen LogP contribution >= 0.6 is 0 Å². The molecule has 35 heavy (non-hydrogen) atoms. The lowest BCUT2D eigenvalue weighted by molar-refractivity contribution is -0.128. The first kappa shape index (κ1) is 24.1. The largest absolute Gasteiger partial charge is 0.490 e. The predicted molar refractivity (Wildman–Crippen MR) is 129 cm³/mol. The van der Waals surface area contributed by atoms with E-state index in [1.54, 1.807) is 56.3 Å². The first-order chi connectivity index (χ1) is 16.6. The zero-order valence-electron chi connectivity index (χ0n) is 19.7. The Morgan fingerprint density at radius 3 is 2.20 bits per heavy atom. The van der Waals surface area contributed by atoms with E-state index in [-0.39, 0.29) is 17.6 Å². The third-order valence-electron chi connectivity index (χ3n) is 5.39. The Morgan fingerprint density at radius 2 is 1.63 bits per heavy atom. The normalized spacial score (nSPS) is 14.5. The van der Waals surface area contributed by atoms with Crippen molar-refractivity contribution in [3.8, 4) is 16.9 Å². The van der Waals surface area contributed by atoms with Crippen LogP contribution in [0.25, 0.3) is 11.1 Å². The van der Waals surface area contributed by atoms with Gasteiger partial charge in [-0.1, -0.05) is 23.4 Å². The minimum Gasteiger partial charge on any atom is -0.490 e. The number of nitrogens with one attached hydrogen (secondary N) is 1. The monoisotopic (exact) mass is 478 g/mol. The summed E-state index contributed by atoms with van der Waals surface area (Å²) in [6.07, 6.45) is -0.0958. The lowest BCUT2D eigenvalue weighted by Crippen LogP contribution is -2.33. The van der Waals surface area contributed by atoms with Gasteiger partial charge in [-0.3, -0.25) is 9.59 Å². The summed E-state index contributed by atoms with van der Waals surface area (Å²) >= 11 is 0. The van der Waals surface area contributed by atoms with E-state index in [0.29, 0.717) is 22.6 Å². The molecular formula is C27H24F2N2O4. The minimum atomic E-state index is -1.03. The highest BCUT2D eigenvalue weighted by Crippen LogP contribution is 2.34. The first-order valence-electron chi connectivity index (χ1n) is 11.0. The fourth-order valence-corrected chi connectivity index (χ4v) is 3.61. The Balaban J connectivity index is 1.64. The Hall–Kier alpha value is -4.07. The number of carbonyl (C=O) groups excluding carboxylic acids is 2. The van der Waals surface area contributed by atoms with Crippen LogP contribution in [0.5, 0.6) is 5.75 Å². The van der Waals surface area contributed by atoms with Crippen LogP contribution in [-0.4, -0.2) is 29.1 Å². The van der Waals surface area contributed by atoms with Crippen LogP contribution in [0, 0.1) is 11.6 Å². The lowest BCUT2D eigenvalue weighted by Gasteiger charge is -2.16. The zero-order valence-corrected chi connectivity index (χ0v) is 19.7. The van der Waals surface area contributed by atoms with Gasteiger partial charge in [0, 0.05) is 16.8 Å². The number of oxime groups is 1. The molecule has 4 rings (SSSR count). The van der Waals surface area contributed by atoms with E-state index in [4.69, 9.17) is 9.57 Å². The summed E-state index contributed by atoms with van der Waals surface area (Å²) in [5.74, 6) is -2.40. The van der Waals surface area contributed by atoms with Crippen LogP contribution in [0.15, 0.2) is 65.8 Å². The van der Waals surface area contributed by atoms with E-state index in [1.165, 1.54) is 6.07 Å². The minimum absolute atomic E-state index is 0.0958. The van der Waals surface area contributed by atoms with Crippen molar-refractivity contribution in [3.05, 3.63) is 83.4 Å². The molecule has 0 saturated carbocycles. The highest BCUT2D eigenvalue weighted by Gasteiger charge is 2.40. The SMILES string of the molecule is CC(C)Oc1ccc(C2=NOC(C)(C)C2=O)cc1-c1ccc(NC(=O)c2c(F)cccc2F)cc1. The summed E-state index contributed by atoms with van der Waals surface area (Å²) in [6.45, 7) is 7.12. The standard InChI is InChI=1S/C27H24F2N2O4/c1-15(2)34-22-13-10-17(24-25(32)27(3,4)35-31-24)14-19(22)16-8-11-18(12-9-16)30-26(33)23-20(28)6-5-7-21(23)29/h5-15H,1-4H3,(H,30,33). The molecule has 3 aromatic carbocycles. The van der Waals surface area contributed by atoms with Gasteiger partial charge in [0.1, 0.15) is 22.9 Å². The molecule has 0 unspecified atom stereocenters. The first-order valence-corrected chi connectivity index (χ1v) is 11.0. The van der Waals surface area contributed by atoms with Crippen LogP contribution in [0.4, 0.5) is 14.5 Å². The average molecular weight is 478 g/mol. The van der Waals surface area contributed by atoms with Gasteiger partial charge in [0.25, 0.3) is 5.91 Å². The Bertz CT molecular complexity index is 1310. The molecule has 180 valence electrons. The fourth-order valence-electron chi connectivity index (χ4n) is 3.61. The summed E-state index contributed by atoms with van der Waals surface area (Å²) in [4.78, 5) is 30.3. The van der Waals surface area contributed by atoms with Crippen molar-refractivity contribution in [2.24, 2.45) is 5.16 Å². The molecular weight excluding hydrogens is 454 g/mol. The number of Topliss-reactive ketones (excluding diaryl/α,β-unsaturated/α-hetero) is 1. The van der Waals surface area contributed by atoms with Gasteiger partial charge in [-0.25, -0.2) is 8.78 Å². The van der Waals surface area contributed by atoms with Gasteiger partial charge < -0.3 is 14.9 Å². The van der Waals surface area contributed by atoms with E-state index in [9.17, 15) is 18.4 Å². The molecule has 0 bridgehead atoms. The van der Waals surface area contributed by atoms with Crippen molar-refractivity contribution < 1.29 is 27.9 Å². The smallest absolute Gasteiger partial charge is 0.261 e. The Labute approximate surface area is 201 Å². The van der Waals surface area contributed by atoms with Gasteiger partial charge in [-0.2, -0.15) is 0 Å². The van der Waals surface area contributed by atoms with Crippen LogP contribution in [0.3, 0.4) is 0 Å². The van der Waals surface area contributed by atoms with E-state index >= 15 is 0 Å². The maximum absolute atomic E-state index is 13.9. The molecule has 1 aliphatic rings. The molecule has 0 atom stereocenters. The van der Waals surface area contributed by atoms with Gasteiger partial charge in [0.15, 0.2) is 11.3 Å². The van der Waals surface area contributed by atoms with Crippen molar-refractivity contribution >= 4 is 23.1 Å².